The van der Waals surface area contributed by atoms with Crippen LogP contribution in [0.2, 0.25) is 0 Å². The highest BCUT2D eigenvalue weighted by atomic mass is 16.2. The second-order valence-corrected chi connectivity index (χ2v) is 4.73. The predicted molar refractivity (Wildman–Crippen MR) is 81.2 cm³/mol. The molecule has 0 bridgehead atoms. The van der Waals surface area contributed by atoms with Gasteiger partial charge in [-0.25, -0.2) is 4.98 Å². The van der Waals surface area contributed by atoms with Crippen molar-refractivity contribution in [3.05, 3.63) is 34.3 Å². The second-order valence-electron chi connectivity index (χ2n) is 4.73. The predicted octanol–water partition coefficient (Wildman–Crippen LogP) is 0.439. The zero-order valence-electron chi connectivity index (χ0n) is 20.3. The van der Waals surface area contributed by atoms with Crippen LogP contribution >= 0.6 is 0 Å². The fourth-order valence-electron chi connectivity index (χ4n) is 2.17. The van der Waals surface area contributed by atoms with Crippen molar-refractivity contribution in [1.29, 1.82) is 0 Å². The van der Waals surface area contributed by atoms with Gasteiger partial charge in [0.1, 0.15) is 11.4 Å². The fourth-order valence-corrected chi connectivity index (χ4v) is 2.17. The van der Waals surface area contributed by atoms with E-state index >= 15 is 0 Å². The zero-order chi connectivity index (χ0) is 23.8. The van der Waals surface area contributed by atoms with E-state index in [1.807, 2.05) is 0 Å². The minimum atomic E-state index is -3.36. The molecular formula is C15H16N4O3. The molecular weight excluding hydrogens is 284 g/mol. The summed E-state index contributed by atoms with van der Waals surface area (Å²) in [6, 6.07) is -2.08. The van der Waals surface area contributed by atoms with E-state index < -0.39 is 83.1 Å². The number of piperidine rings is 1. The number of aryl methyl sites for hydroxylation is 1. The average molecular weight is 309 g/mol. The van der Waals surface area contributed by atoms with Crippen LogP contribution in [-0.4, -0.2) is 21.4 Å². The summed E-state index contributed by atoms with van der Waals surface area (Å²) in [4.78, 5) is 42.0. The molecule has 114 valence electrons. The summed E-state index contributed by atoms with van der Waals surface area (Å²) >= 11 is 0. The minimum absolute atomic E-state index is 0.276. The van der Waals surface area contributed by atoms with Crippen LogP contribution in [0, 0.1) is 6.88 Å². The molecule has 3 rings (SSSR count). The average Bonchev–Trinajstić information content (AvgIpc) is 2.67. The van der Waals surface area contributed by atoms with Crippen molar-refractivity contribution < 1.29 is 21.9 Å². The van der Waals surface area contributed by atoms with E-state index in [9.17, 15) is 14.4 Å². The van der Waals surface area contributed by atoms with Gasteiger partial charge >= 0.3 is 0 Å². The largest absolute Gasteiger partial charge is 0.398 e. The summed E-state index contributed by atoms with van der Waals surface area (Å²) < 4.78 is 71.6. The van der Waals surface area contributed by atoms with Crippen molar-refractivity contribution in [3.8, 4) is 0 Å². The number of rotatable bonds is 1. The maximum atomic E-state index is 13.4. The van der Waals surface area contributed by atoms with Crippen LogP contribution in [0.25, 0.3) is 10.9 Å². The summed E-state index contributed by atoms with van der Waals surface area (Å²) in [5, 5.41) is 1.04. The normalized spacial score (nSPS) is 32.5. The number of nitrogens with two attached hydrogens (primary N) is 1. The zero-order valence-corrected chi connectivity index (χ0v) is 11.3. The summed E-state index contributed by atoms with van der Waals surface area (Å²) in [7, 11) is 0. The molecule has 1 atom stereocenters. The Bertz CT molecular complexity index is 1230. The number of nitrogens with zero attached hydrogens (tertiary/aromatic N) is 2. The molecule has 1 saturated heterocycles. The molecule has 0 spiro atoms. The Hall–Kier alpha value is -2.70. The summed E-state index contributed by atoms with van der Waals surface area (Å²) in [6.07, 6.45) is -6.67. The minimum Gasteiger partial charge on any atom is -0.398 e. The molecule has 7 heteroatoms. The molecule has 1 aromatic heterocycles. The highest BCUT2D eigenvalue weighted by Crippen LogP contribution is 2.27. The molecule has 0 aliphatic carbocycles. The number of carbonyl (C=O) groups excluding carboxylic acids is 2. The smallest absolute Gasteiger partial charge is 0.264 e. The van der Waals surface area contributed by atoms with E-state index in [0.717, 1.165) is 6.92 Å². The number of benzene rings is 1. The van der Waals surface area contributed by atoms with Gasteiger partial charge in [0.25, 0.3) is 11.5 Å². The number of amides is 2. The van der Waals surface area contributed by atoms with Crippen molar-refractivity contribution in [2.45, 2.75) is 32.1 Å². The quantitative estimate of drug-likeness (QED) is 0.587. The highest BCUT2D eigenvalue weighted by molar-refractivity contribution is 6.01. The molecule has 2 amide bonds. The van der Waals surface area contributed by atoms with Crippen molar-refractivity contribution >= 4 is 28.4 Å². The van der Waals surface area contributed by atoms with Gasteiger partial charge in [0.05, 0.1) is 15.0 Å². The number of nitrogens with one attached hydrogen (secondary N) is 1. The van der Waals surface area contributed by atoms with Crippen LogP contribution in [0.15, 0.2) is 22.9 Å². The molecule has 2 aromatic rings. The Morgan fingerprint density at radius 3 is 3.00 bits per heavy atom. The maximum Gasteiger partial charge on any atom is 0.264 e. The first-order chi connectivity index (χ1) is 14.0. The van der Waals surface area contributed by atoms with Gasteiger partial charge in [-0.15, -0.1) is 0 Å². The van der Waals surface area contributed by atoms with Gasteiger partial charge in [-0.1, -0.05) is 6.04 Å². The molecule has 22 heavy (non-hydrogen) atoms. The van der Waals surface area contributed by atoms with Gasteiger partial charge in [0, 0.05) is 20.3 Å². The van der Waals surface area contributed by atoms with E-state index in [-0.39, 0.29) is 4.57 Å². The molecule has 1 aliphatic heterocycles. The van der Waals surface area contributed by atoms with Crippen LogP contribution in [0.5, 0.6) is 0 Å². The number of hydrogen-bond donors (Lipinski definition) is 2. The van der Waals surface area contributed by atoms with Crippen molar-refractivity contribution in [3.63, 3.8) is 0 Å². The van der Waals surface area contributed by atoms with Crippen LogP contribution in [0.4, 0.5) is 5.69 Å². The van der Waals surface area contributed by atoms with E-state index in [0.29, 0.717) is 0 Å². The van der Waals surface area contributed by atoms with Crippen LogP contribution in [-0.2, 0) is 15.1 Å². The summed E-state index contributed by atoms with van der Waals surface area (Å²) in [5.74, 6) is -3.83. The lowest BCUT2D eigenvalue weighted by molar-refractivity contribution is -0.140. The van der Waals surface area contributed by atoms with Gasteiger partial charge < -0.3 is 5.73 Å². The Morgan fingerprint density at radius 1 is 1.50 bits per heavy atom. The number of carbonyl (C=O) groups is 2. The lowest BCUT2D eigenvalue weighted by atomic mass is 9.90. The topological polar surface area (TPSA) is 107 Å². The summed E-state index contributed by atoms with van der Waals surface area (Å²) in [5.41, 5.74) is 0.513. The van der Waals surface area contributed by atoms with Gasteiger partial charge in [0.2, 0.25) is 5.91 Å². The Morgan fingerprint density at radius 2 is 2.27 bits per heavy atom. The van der Waals surface area contributed by atoms with Crippen molar-refractivity contribution in [2.24, 2.45) is 0 Å². The highest BCUT2D eigenvalue weighted by Gasteiger charge is 2.42. The van der Waals surface area contributed by atoms with E-state index in [2.05, 4.69) is 4.98 Å². The van der Waals surface area contributed by atoms with Crippen molar-refractivity contribution in [1.82, 2.24) is 14.9 Å². The number of fused-ring (bicyclic) bond motifs is 1. The van der Waals surface area contributed by atoms with Crippen molar-refractivity contribution in [2.75, 3.05) is 5.73 Å². The molecule has 0 radical (unpaired) electrons. The number of nitrogen functional groups attached to an aromatic ring is 1. The SMILES string of the molecule is [2H]c1c([2H])c(N)c2c(=O)n(C3(C)C(=O)NC(=O)C([2H])([2H])C3([2H])[2H])c(C([2H])[2H])nc2c1[2H]. The number of imide groups is 1. The van der Waals surface area contributed by atoms with E-state index in [4.69, 9.17) is 18.1 Å². The molecule has 0 saturated carbocycles. The molecule has 1 fully saturated rings. The number of hydrogen-bond acceptors (Lipinski definition) is 5. The fraction of sp³-hybridized carbons (Fsp3) is 0.333. The first kappa shape index (κ1) is 7.04. The van der Waals surface area contributed by atoms with Gasteiger partial charge in [-0.05, 0) is 32.3 Å². The standard InChI is InChI=1S/C15H16N4O3/c1-8-17-10-5-3-4-9(16)12(10)13(21)19(8)15(2)7-6-11(20)18-14(15)22/h3-5H,6-7,16H2,1-2H3,(H,18,20,22)/i1D2,3D,4D,5D,6D2,7D2. The lowest BCUT2D eigenvalue weighted by Crippen LogP contribution is -2.56. The van der Waals surface area contributed by atoms with E-state index in [1.165, 1.54) is 0 Å². The third-order valence-electron chi connectivity index (χ3n) is 3.29. The summed E-state index contributed by atoms with van der Waals surface area (Å²) in [6.45, 7) is -1.31. The van der Waals surface area contributed by atoms with Gasteiger partial charge in [0.15, 0.2) is 0 Å². The third kappa shape index (κ3) is 1.89. The Labute approximate surface area is 138 Å². The number of aromatic nitrogens is 2. The second kappa shape index (κ2) is 4.66. The molecule has 1 aliphatic rings. The third-order valence-corrected chi connectivity index (χ3v) is 3.29. The maximum absolute atomic E-state index is 13.4. The van der Waals surface area contributed by atoms with Crippen LogP contribution in [0.1, 0.15) is 37.8 Å². The Kier molecular flexibility index (Phi) is 1.49. The van der Waals surface area contributed by atoms with Crippen LogP contribution < -0.4 is 16.6 Å². The Balaban J connectivity index is 2.60. The van der Waals surface area contributed by atoms with E-state index in [1.54, 1.807) is 5.32 Å². The van der Waals surface area contributed by atoms with Gasteiger partial charge in [-0.2, -0.15) is 0 Å². The molecule has 1 unspecified atom stereocenters. The first-order valence-corrected chi connectivity index (χ1v) is 6.06. The number of anilines is 1. The first-order valence-electron chi connectivity index (χ1n) is 10.7. The molecule has 2 heterocycles. The lowest BCUT2D eigenvalue weighted by Gasteiger charge is -2.34. The van der Waals surface area contributed by atoms with Gasteiger partial charge in [-0.3, -0.25) is 24.3 Å². The molecule has 1 aromatic carbocycles. The molecule has 7 nitrogen and oxygen atoms in total. The monoisotopic (exact) mass is 309 g/mol. The molecule has 3 N–H and O–H groups in total. The van der Waals surface area contributed by atoms with Crippen LogP contribution in [0.3, 0.4) is 0 Å².